The molecule has 0 N–H and O–H groups in total. The van der Waals surface area contributed by atoms with E-state index in [4.69, 9.17) is 0 Å². The van der Waals surface area contributed by atoms with Gasteiger partial charge in [-0.1, -0.05) is 44.0 Å². The molecule has 0 radical (unpaired) electrons. The first-order valence-corrected chi connectivity index (χ1v) is 7.67. The summed E-state index contributed by atoms with van der Waals surface area (Å²) in [5, 5.41) is 0. The highest BCUT2D eigenvalue weighted by Gasteiger charge is 2.49. The Kier molecular flexibility index (Phi) is 3.60. The van der Waals surface area contributed by atoms with Crippen LogP contribution in [-0.2, 0) is 16.0 Å². The number of fused-ring (bicyclic) bond motifs is 3. The summed E-state index contributed by atoms with van der Waals surface area (Å²) < 4.78 is 0. The number of likely N-dealkylation sites (tertiary alicyclic amines) is 1. The van der Waals surface area contributed by atoms with Gasteiger partial charge in [0, 0.05) is 6.54 Å². The molecule has 106 valence electrons. The van der Waals surface area contributed by atoms with Crippen molar-refractivity contribution >= 4 is 11.8 Å². The smallest absolute Gasteiger partial charge is 0.237 e. The number of unbranched alkanes of at least 4 members (excludes halogenated alkanes) is 2. The second kappa shape index (κ2) is 5.39. The Hall–Kier alpha value is -1.64. The van der Waals surface area contributed by atoms with Crippen molar-refractivity contribution in [3.8, 4) is 0 Å². The summed E-state index contributed by atoms with van der Waals surface area (Å²) in [6.07, 6.45) is 4.83. The van der Waals surface area contributed by atoms with Crippen molar-refractivity contribution in [1.82, 2.24) is 4.90 Å². The van der Waals surface area contributed by atoms with Crippen molar-refractivity contribution in [2.24, 2.45) is 5.92 Å². The van der Waals surface area contributed by atoms with E-state index in [1.54, 1.807) is 0 Å². The first-order valence-electron chi connectivity index (χ1n) is 7.67. The number of aryl methyl sites for hydroxylation is 1. The zero-order chi connectivity index (χ0) is 14.1. The van der Waals surface area contributed by atoms with E-state index in [9.17, 15) is 9.59 Å². The Labute approximate surface area is 120 Å². The van der Waals surface area contributed by atoms with Gasteiger partial charge in [-0.2, -0.15) is 0 Å². The summed E-state index contributed by atoms with van der Waals surface area (Å²) in [7, 11) is 0. The van der Waals surface area contributed by atoms with E-state index in [0.717, 1.165) is 37.7 Å². The van der Waals surface area contributed by atoms with Gasteiger partial charge in [0.05, 0.1) is 11.8 Å². The van der Waals surface area contributed by atoms with Crippen LogP contribution in [0, 0.1) is 5.92 Å². The number of carbonyl (C=O) groups excluding carboxylic acids is 2. The number of hydrogen-bond donors (Lipinski definition) is 0. The van der Waals surface area contributed by atoms with Crippen LogP contribution in [0.1, 0.15) is 49.7 Å². The van der Waals surface area contributed by atoms with Gasteiger partial charge in [-0.15, -0.1) is 0 Å². The summed E-state index contributed by atoms with van der Waals surface area (Å²) in [6, 6.07) is 8.09. The van der Waals surface area contributed by atoms with Gasteiger partial charge in [-0.3, -0.25) is 14.5 Å². The Balaban J connectivity index is 1.85. The molecule has 1 aliphatic heterocycles. The summed E-state index contributed by atoms with van der Waals surface area (Å²) in [4.78, 5) is 26.6. The lowest BCUT2D eigenvalue weighted by Crippen LogP contribution is -2.31. The lowest BCUT2D eigenvalue weighted by molar-refractivity contribution is -0.139. The molecule has 0 spiro atoms. The largest absolute Gasteiger partial charge is 0.282 e. The lowest BCUT2D eigenvalue weighted by atomic mass is 9.76. The van der Waals surface area contributed by atoms with Gasteiger partial charge in [-0.25, -0.2) is 0 Å². The fourth-order valence-electron chi connectivity index (χ4n) is 3.55. The number of nitrogens with zero attached hydrogens (tertiary/aromatic N) is 1. The molecule has 0 saturated carbocycles. The molecule has 1 aliphatic carbocycles. The van der Waals surface area contributed by atoms with Crippen LogP contribution >= 0.6 is 0 Å². The van der Waals surface area contributed by atoms with Crippen molar-refractivity contribution in [1.29, 1.82) is 0 Å². The van der Waals surface area contributed by atoms with Crippen molar-refractivity contribution in [3.63, 3.8) is 0 Å². The third-order valence-corrected chi connectivity index (χ3v) is 4.62. The van der Waals surface area contributed by atoms with Crippen LogP contribution in [0.2, 0.25) is 0 Å². The van der Waals surface area contributed by atoms with Crippen LogP contribution in [0.3, 0.4) is 0 Å². The third-order valence-electron chi connectivity index (χ3n) is 4.62. The van der Waals surface area contributed by atoms with Crippen LogP contribution in [0.4, 0.5) is 0 Å². The molecule has 2 aliphatic rings. The zero-order valence-corrected chi connectivity index (χ0v) is 12.0. The molecule has 20 heavy (non-hydrogen) atoms. The van der Waals surface area contributed by atoms with E-state index in [1.165, 1.54) is 10.5 Å². The van der Waals surface area contributed by atoms with Crippen LogP contribution in [0.15, 0.2) is 24.3 Å². The van der Waals surface area contributed by atoms with Gasteiger partial charge >= 0.3 is 0 Å². The first-order chi connectivity index (χ1) is 9.74. The average molecular weight is 271 g/mol. The van der Waals surface area contributed by atoms with E-state index < -0.39 is 0 Å². The molecular formula is C17H21NO2. The minimum Gasteiger partial charge on any atom is -0.282 e. The van der Waals surface area contributed by atoms with E-state index in [1.807, 2.05) is 18.2 Å². The molecule has 0 aromatic heterocycles. The highest BCUT2D eigenvalue weighted by atomic mass is 16.2. The molecule has 1 heterocycles. The maximum Gasteiger partial charge on any atom is 0.237 e. The number of imide groups is 1. The number of carbonyl (C=O) groups is 2. The fraction of sp³-hybridized carbons (Fsp3) is 0.529. The predicted molar refractivity (Wildman–Crippen MR) is 77.2 cm³/mol. The molecule has 1 aromatic carbocycles. The molecule has 3 heteroatoms. The van der Waals surface area contributed by atoms with E-state index in [0.29, 0.717) is 6.54 Å². The van der Waals surface area contributed by atoms with E-state index in [-0.39, 0.29) is 23.7 Å². The summed E-state index contributed by atoms with van der Waals surface area (Å²) in [5.41, 5.74) is 2.32. The molecule has 2 amide bonds. The minimum atomic E-state index is -0.214. The molecule has 2 atom stereocenters. The predicted octanol–water partition coefficient (Wildman–Crippen LogP) is 2.89. The van der Waals surface area contributed by atoms with Gasteiger partial charge in [0.1, 0.15) is 0 Å². The maximum absolute atomic E-state index is 12.6. The Bertz CT molecular complexity index is 538. The monoisotopic (exact) mass is 271 g/mol. The molecule has 3 rings (SSSR count). The second-order valence-corrected chi connectivity index (χ2v) is 5.86. The van der Waals surface area contributed by atoms with E-state index >= 15 is 0 Å². The topological polar surface area (TPSA) is 37.4 Å². The zero-order valence-electron chi connectivity index (χ0n) is 12.0. The molecule has 0 bridgehead atoms. The molecular weight excluding hydrogens is 250 g/mol. The summed E-state index contributed by atoms with van der Waals surface area (Å²) in [6.45, 7) is 2.73. The Morgan fingerprint density at radius 3 is 2.75 bits per heavy atom. The molecule has 2 unspecified atom stereocenters. The quantitative estimate of drug-likeness (QED) is 0.624. The average Bonchev–Trinajstić information content (AvgIpc) is 2.72. The molecule has 1 fully saturated rings. The van der Waals surface area contributed by atoms with Gasteiger partial charge in [0.2, 0.25) is 11.8 Å². The van der Waals surface area contributed by atoms with Gasteiger partial charge in [0.15, 0.2) is 0 Å². The van der Waals surface area contributed by atoms with Crippen LogP contribution in [0.5, 0.6) is 0 Å². The van der Waals surface area contributed by atoms with Crippen molar-refractivity contribution in [2.45, 2.75) is 44.9 Å². The second-order valence-electron chi connectivity index (χ2n) is 5.86. The molecule has 3 nitrogen and oxygen atoms in total. The SMILES string of the molecule is CCCCCN1C(=O)C2CCc3ccccc3C2C1=O. The van der Waals surface area contributed by atoms with E-state index in [2.05, 4.69) is 13.0 Å². The number of rotatable bonds is 4. The van der Waals surface area contributed by atoms with Crippen LogP contribution < -0.4 is 0 Å². The number of amides is 2. The number of benzene rings is 1. The van der Waals surface area contributed by atoms with Crippen LogP contribution in [0.25, 0.3) is 0 Å². The highest BCUT2D eigenvalue weighted by molar-refractivity contribution is 6.08. The summed E-state index contributed by atoms with van der Waals surface area (Å²) >= 11 is 0. The highest BCUT2D eigenvalue weighted by Crippen LogP contribution is 2.42. The molecule has 1 saturated heterocycles. The third kappa shape index (κ3) is 2.05. The van der Waals surface area contributed by atoms with Gasteiger partial charge < -0.3 is 0 Å². The maximum atomic E-state index is 12.6. The van der Waals surface area contributed by atoms with Crippen LogP contribution in [-0.4, -0.2) is 23.3 Å². The first kappa shape index (κ1) is 13.3. The Morgan fingerprint density at radius 1 is 1.15 bits per heavy atom. The lowest BCUT2D eigenvalue weighted by Gasteiger charge is -2.24. The van der Waals surface area contributed by atoms with Crippen molar-refractivity contribution < 1.29 is 9.59 Å². The van der Waals surface area contributed by atoms with Gasteiger partial charge in [-0.05, 0) is 30.4 Å². The number of hydrogen-bond acceptors (Lipinski definition) is 2. The fourth-order valence-corrected chi connectivity index (χ4v) is 3.55. The Morgan fingerprint density at radius 2 is 1.95 bits per heavy atom. The minimum absolute atomic E-state index is 0.0308. The van der Waals surface area contributed by atoms with Crippen molar-refractivity contribution in [3.05, 3.63) is 35.4 Å². The van der Waals surface area contributed by atoms with Gasteiger partial charge in [0.25, 0.3) is 0 Å². The summed E-state index contributed by atoms with van der Waals surface area (Å²) in [5.74, 6) is -0.234. The molecule has 1 aromatic rings. The standard InChI is InChI=1S/C17H21NO2/c1-2-3-6-11-18-16(19)14-10-9-12-7-4-5-8-13(12)15(14)17(18)20/h4-5,7-8,14-15H,2-3,6,9-11H2,1H3. The van der Waals surface area contributed by atoms with Crippen molar-refractivity contribution in [2.75, 3.05) is 6.54 Å². The normalized spacial score (nSPS) is 24.8.